The highest BCUT2D eigenvalue weighted by atomic mass is 16.5. The molecule has 0 aromatic heterocycles. The van der Waals surface area contributed by atoms with Gasteiger partial charge < -0.3 is 24.4 Å². The molecule has 0 saturated carbocycles. The van der Waals surface area contributed by atoms with Crippen molar-refractivity contribution in [3.8, 4) is 0 Å². The van der Waals surface area contributed by atoms with E-state index in [1.54, 1.807) is 13.8 Å². The number of morpholine rings is 1. The highest BCUT2D eigenvalue weighted by Gasteiger charge is 2.36. The van der Waals surface area contributed by atoms with Crippen molar-refractivity contribution in [3.05, 3.63) is 0 Å². The molecular formula is C13H22N2O6. The maximum atomic E-state index is 12.6. The van der Waals surface area contributed by atoms with Crippen molar-refractivity contribution in [1.29, 1.82) is 0 Å². The zero-order chi connectivity index (χ0) is 16.0. The van der Waals surface area contributed by atoms with Gasteiger partial charge in [-0.2, -0.15) is 0 Å². The number of amides is 2. The van der Waals surface area contributed by atoms with Crippen molar-refractivity contribution < 1.29 is 29.0 Å². The van der Waals surface area contributed by atoms with Crippen molar-refractivity contribution in [1.82, 2.24) is 9.80 Å². The molecule has 0 bridgehead atoms. The number of hydrogen-bond acceptors (Lipinski definition) is 5. The Hall–Kier alpha value is -1.83. The second-order valence-corrected chi connectivity index (χ2v) is 5.02. The lowest BCUT2D eigenvalue weighted by Gasteiger charge is -2.38. The van der Waals surface area contributed by atoms with E-state index in [1.165, 1.54) is 16.9 Å². The molecule has 1 heterocycles. The topological polar surface area (TPSA) is 96.4 Å². The van der Waals surface area contributed by atoms with Crippen molar-refractivity contribution >= 4 is 18.0 Å². The van der Waals surface area contributed by atoms with Gasteiger partial charge in [0.05, 0.1) is 26.7 Å². The summed E-state index contributed by atoms with van der Waals surface area (Å²) in [5.41, 5.74) is 0. The SMILES string of the molecule is COC(=O)C1COCCN1C(=O)N(CCC(=O)O)C(C)C. The molecule has 0 aromatic rings. The fraction of sp³-hybridized carbons (Fsp3) is 0.769. The lowest BCUT2D eigenvalue weighted by molar-refractivity contribution is -0.151. The van der Waals surface area contributed by atoms with Crippen LogP contribution in [0.5, 0.6) is 0 Å². The summed E-state index contributed by atoms with van der Waals surface area (Å²) in [6, 6.07) is -1.33. The molecule has 1 rings (SSSR count). The fourth-order valence-corrected chi connectivity index (χ4v) is 2.12. The number of urea groups is 1. The van der Waals surface area contributed by atoms with Gasteiger partial charge in [0, 0.05) is 19.1 Å². The van der Waals surface area contributed by atoms with Crippen LogP contribution in [-0.4, -0.2) is 78.4 Å². The Morgan fingerprint density at radius 1 is 1.43 bits per heavy atom. The maximum absolute atomic E-state index is 12.6. The molecule has 1 aliphatic rings. The molecule has 1 N–H and O–H groups in total. The minimum absolute atomic E-state index is 0.0866. The Bertz CT molecular complexity index is 398. The van der Waals surface area contributed by atoms with Gasteiger partial charge in [-0.05, 0) is 13.8 Å². The van der Waals surface area contributed by atoms with Crippen LogP contribution in [0.15, 0.2) is 0 Å². The first-order valence-electron chi connectivity index (χ1n) is 6.83. The van der Waals surface area contributed by atoms with E-state index in [2.05, 4.69) is 4.74 Å². The molecule has 21 heavy (non-hydrogen) atoms. The summed E-state index contributed by atoms with van der Waals surface area (Å²) in [4.78, 5) is 37.8. The van der Waals surface area contributed by atoms with Gasteiger partial charge in [-0.25, -0.2) is 9.59 Å². The lowest BCUT2D eigenvalue weighted by atomic mass is 10.2. The van der Waals surface area contributed by atoms with Crippen LogP contribution >= 0.6 is 0 Å². The molecule has 1 atom stereocenters. The fourth-order valence-electron chi connectivity index (χ4n) is 2.12. The number of aliphatic carboxylic acids is 1. The normalized spacial score (nSPS) is 18.5. The first-order chi connectivity index (χ1) is 9.88. The number of hydrogen-bond donors (Lipinski definition) is 1. The molecule has 0 aliphatic carbocycles. The summed E-state index contributed by atoms with van der Waals surface area (Å²) < 4.78 is 9.90. The summed E-state index contributed by atoms with van der Waals surface area (Å²) in [6.07, 6.45) is -0.142. The van der Waals surface area contributed by atoms with Crippen LogP contribution in [0.25, 0.3) is 0 Å². The number of esters is 1. The lowest BCUT2D eigenvalue weighted by Crippen LogP contribution is -2.58. The van der Waals surface area contributed by atoms with Crippen LogP contribution in [0.1, 0.15) is 20.3 Å². The van der Waals surface area contributed by atoms with Gasteiger partial charge in [0.1, 0.15) is 0 Å². The highest BCUT2D eigenvalue weighted by molar-refractivity contribution is 5.84. The van der Waals surface area contributed by atoms with Crippen LogP contribution < -0.4 is 0 Å². The predicted molar refractivity (Wildman–Crippen MR) is 72.8 cm³/mol. The third-order valence-corrected chi connectivity index (χ3v) is 3.28. The minimum Gasteiger partial charge on any atom is -0.481 e. The zero-order valence-corrected chi connectivity index (χ0v) is 12.6. The van der Waals surface area contributed by atoms with Crippen molar-refractivity contribution in [2.75, 3.05) is 33.4 Å². The summed E-state index contributed by atoms with van der Waals surface area (Å²) in [7, 11) is 1.25. The summed E-state index contributed by atoms with van der Waals surface area (Å²) in [5, 5.41) is 8.77. The molecule has 8 heteroatoms. The third kappa shape index (κ3) is 4.59. The molecular weight excluding hydrogens is 280 g/mol. The van der Waals surface area contributed by atoms with Gasteiger partial charge in [-0.15, -0.1) is 0 Å². The molecule has 1 fully saturated rings. The monoisotopic (exact) mass is 302 g/mol. The zero-order valence-electron chi connectivity index (χ0n) is 12.6. The number of rotatable bonds is 5. The van der Waals surface area contributed by atoms with E-state index in [0.29, 0.717) is 6.61 Å². The molecule has 120 valence electrons. The van der Waals surface area contributed by atoms with Crippen LogP contribution in [0.3, 0.4) is 0 Å². The summed E-state index contributed by atoms with van der Waals surface area (Å²) in [5.74, 6) is -1.51. The smallest absolute Gasteiger partial charge is 0.331 e. The number of carbonyl (C=O) groups excluding carboxylic acids is 2. The number of nitrogens with zero attached hydrogens (tertiary/aromatic N) is 2. The van der Waals surface area contributed by atoms with E-state index < -0.39 is 18.0 Å². The van der Waals surface area contributed by atoms with E-state index in [9.17, 15) is 14.4 Å². The average Bonchev–Trinajstić information content (AvgIpc) is 2.45. The minimum atomic E-state index is -0.972. The largest absolute Gasteiger partial charge is 0.481 e. The number of carboxylic acids is 1. The van der Waals surface area contributed by atoms with E-state index in [4.69, 9.17) is 9.84 Å². The van der Waals surface area contributed by atoms with Crippen molar-refractivity contribution in [3.63, 3.8) is 0 Å². The first-order valence-corrected chi connectivity index (χ1v) is 6.83. The number of ether oxygens (including phenoxy) is 2. The van der Waals surface area contributed by atoms with Gasteiger partial charge in [0.25, 0.3) is 0 Å². The van der Waals surface area contributed by atoms with Crippen molar-refractivity contribution in [2.45, 2.75) is 32.4 Å². The van der Waals surface area contributed by atoms with Crippen LogP contribution in [0.4, 0.5) is 4.79 Å². The first kappa shape index (κ1) is 17.2. The Kier molecular flexibility index (Phi) is 6.41. The molecule has 1 saturated heterocycles. The highest BCUT2D eigenvalue weighted by Crippen LogP contribution is 2.14. The Morgan fingerprint density at radius 2 is 2.10 bits per heavy atom. The molecule has 8 nitrogen and oxygen atoms in total. The van der Waals surface area contributed by atoms with Gasteiger partial charge in [-0.1, -0.05) is 0 Å². The Balaban J connectivity index is 2.83. The molecule has 1 unspecified atom stereocenters. The van der Waals surface area contributed by atoms with Gasteiger partial charge in [0.15, 0.2) is 6.04 Å². The predicted octanol–water partition coefficient (Wildman–Crippen LogP) is 0.165. The number of carboxylic acid groups (broad SMARTS) is 1. The average molecular weight is 302 g/mol. The van der Waals surface area contributed by atoms with Gasteiger partial charge >= 0.3 is 18.0 Å². The number of carbonyl (C=O) groups is 3. The molecule has 2 amide bonds. The van der Waals surface area contributed by atoms with Crippen LogP contribution in [0.2, 0.25) is 0 Å². The second kappa shape index (κ2) is 7.82. The number of methoxy groups -OCH3 is 1. The maximum Gasteiger partial charge on any atom is 0.331 e. The molecule has 0 radical (unpaired) electrons. The van der Waals surface area contributed by atoms with Crippen molar-refractivity contribution in [2.24, 2.45) is 0 Å². The summed E-state index contributed by atoms with van der Waals surface area (Å²) in [6.45, 7) is 4.39. The second-order valence-electron chi connectivity index (χ2n) is 5.02. The molecule has 0 aromatic carbocycles. The quantitative estimate of drug-likeness (QED) is 0.727. The van der Waals surface area contributed by atoms with E-state index in [0.717, 1.165) is 0 Å². The summed E-state index contributed by atoms with van der Waals surface area (Å²) >= 11 is 0. The Labute approximate surface area is 123 Å². The molecule has 1 aliphatic heterocycles. The Morgan fingerprint density at radius 3 is 2.62 bits per heavy atom. The van der Waals surface area contributed by atoms with Crippen LogP contribution in [-0.2, 0) is 19.1 Å². The molecule has 0 spiro atoms. The third-order valence-electron chi connectivity index (χ3n) is 3.28. The van der Waals surface area contributed by atoms with E-state index in [1.807, 2.05) is 0 Å². The van der Waals surface area contributed by atoms with E-state index >= 15 is 0 Å². The van der Waals surface area contributed by atoms with E-state index in [-0.39, 0.29) is 38.2 Å². The van der Waals surface area contributed by atoms with Gasteiger partial charge in [0.2, 0.25) is 0 Å². The van der Waals surface area contributed by atoms with Crippen LogP contribution in [0, 0.1) is 0 Å². The standard InChI is InChI=1S/C13H22N2O6/c1-9(2)14(5-4-11(16)17)13(19)15-6-7-21-8-10(15)12(18)20-3/h9-10H,4-8H2,1-3H3,(H,16,17). The van der Waals surface area contributed by atoms with Gasteiger partial charge in [-0.3, -0.25) is 4.79 Å².